The lowest BCUT2D eigenvalue weighted by atomic mass is 10.0. The molecule has 6 heteroatoms. The molecule has 0 spiro atoms. The highest BCUT2D eigenvalue weighted by Gasteiger charge is 2.30. The fourth-order valence-electron chi connectivity index (χ4n) is 3.82. The van der Waals surface area contributed by atoms with Crippen molar-refractivity contribution in [2.45, 2.75) is 32.0 Å². The summed E-state index contributed by atoms with van der Waals surface area (Å²) < 4.78 is 5.44. The summed E-state index contributed by atoms with van der Waals surface area (Å²) in [5.74, 6) is 0.757. The van der Waals surface area contributed by atoms with Gasteiger partial charge < -0.3 is 19.8 Å². The summed E-state index contributed by atoms with van der Waals surface area (Å²) in [6.07, 6.45) is -0.577. The summed E-state index contributed by atoms with van der Waals surface area (Å²) in [5, 5.41) is 28.4. The van der Waals surface area contributed by atoms with Gasteiger partial charge in [0.25, 0.3) is 0 Å². The van der Waals surface area contributed by atoms with E-state index < -0.39 is 6.10 Å². The average Bonchev–Trinajstić information content (AvgIpc) is 2.75. The summed E-state index contributed by atoms with van der Waals surface area (Å²) >= 11 is 0. The van der Waals surface area contributed by atoms with E-state index in [1.165, 1.54) is 0 Å². The predicted octanol–water partition coefficient (Wildman–Crippen LogP) is 2.56. The number of anilines is 1. The van der Waals surface area contributed by atoms with Crippen molar-refractivity contribution in [1.82, 2.24) is 4.90 Å². The number of rotatable bonds is 7. The van der Waals surface area contributed by atoms with Gasteiger partial charge in [0, 0.05) is 37.4 Å². The molecule has 0 bridgehead atoms. The highest BCUT2D eigenvalue weighted by molar-refractivity contribution is 5.50. The summed E-state index contributed by atoms with van der Waals surface area (Å²) in [4.78, 5) is 4.70. The molecule has 1 fully saturated rings. The van der Waals surface area contributed by atoms with Gasteiger partial charge in [0.15, 0.2) is 0 Å². The SMILES string of the molecule is C[C@@H]1CN(c2ccc(OCCO)cc2)[C@H](C)CN1CC(O)c1ccc(C#N)cc1. The molecule has 2 aromatic rings. The molecule has 1 unspecified atom stereocenters. The number of nitrogens with zero attached hydrogens (tertiary/aromatic N) is 3. The summed E-state index contributed by atoms with van der Waals surface area (Å²) in [6, 6.07) is 17.8. The molecular formula is C23H29N3O3. The molecule has 1 aliphatic rings. The van der Waals surface area contributed by atoms with Crippen molar-refractivity contribution in [2.75, 3.05) is 37.7 Å². The third kappa shape index (κ3) is 5.27. The topological polar surface area (TPSA) is 80.0 Å². The van der Waals surface area contributed by atoms with Gasteiger partial charge in [-0.15, -0.1) is 0 Å². The second-order valence-electron chi connectivity index (χ2n) is 7.62. The highest BCUT2D eigenvalue weighted by Crippen LogP contribution is 2.27. The van der Waals surface area contributed by atoms with Gasteiger partial charge >= 0.3 is 0 Å². The van der Waals surface area contributed by atoms with E-state index in [4.69, 9.17) is 15.1 Å². The fourth-order valence-corrected chi connectivity index (χ4v) is 3.82. The fraction of sp³-hybridized carbons (Fsp3) is 0.435. The van der Waals surface area contributed by atoms with Crippen molar-refractivity contribution in [3.8, 4) is 11.8 Å². The molecule has 1 saturated heterocycles. The number of β-amino-alcohol motifs (C(OH)–C–C–N with tert-alkyl or cyclic N) is 1. The number of aliphatic hydroxyl groups excluding tert-OH is 2. The Hall–Kier alpha value is -2.59. The van der Waals surface area contributed by atoms with Crippen molar-refractivity contribution in [1.29, 1.82) is 5.26 Å². The zero-order valence-corrected chi connectivity index (χ0v) is 17.0. The Morgan fingerprint density at radius 3 is 2.38 bits per heavy atom. The van der Waals surface area contributed by atoms with Gasteiger partial charge in [-0.3, -0.25) is 4.90 Å². The molecule has 2 aromatic carbocycles. The number of benzene rings is 2. The number of piperazine rings is 1. The minimum absolute atomic E-state index is 0.00653. The molecule has 2 N–H and O–H groups in total. The molecule has 0 saturated carbocycles. The first kappa shape index (κ1) is 21.1. The van der Waals surface area contributed by atoms with Crippen LogP contribution in [0, 0.1) is 11.3 Å². The molecule has 29 heavy (non-hydrogen) atoms. The van der Waals surface area contributed by atoms with Crippen LogP contribution < -0.4 is 9.64 Å². The van der Waals surface area contributed by atoms with Crippen LogP contribution in [0.1, 0.15) is 31.1 Å². The third-order valence-corrected chi connectivity index (χ3v) is 5.48. The van der Waals surface area contributed by atoms with Crippen molar-refractivity contribution in [2.24, 2.45) is 0 Å². The Bertz CT molecular complexity index is 817. The predicted molar refractivity (Wildman–Crippen MR) is 113 cm³/mol. The van der Waals surface area contributed by atoms with Crippen molar-refractivity contribution in [3.63, 3.8) is 0 Å². The minimum atomic E-state index is -0.577. The van der Waals surface area contributed by atoms with Gasteiger partial charge in [-0.2, -0.15) is 5.26 Å². The normalized spacial score (nSPS) is 20.9. The molecule has 0 aliphatic carbocycles. The molecule has 0 amide bonds. The van der Waals surface area contributed by atoms with E-state index in [-0.39, 0.29) is 6.61 Å². The number of nitriles is 1. The maximum atomic E-state index is 10.7. The van der Waals surface area contributed by atoms with Crippen molar-refractivity contribution in [3.05, 3.63) is 59.7 Å². The Labute approximate surface area is 172 Å². The first-order chi connectivity index (χ1) is 14.0. The Morgan fingerprint density at radius 2 is 1.76 bits per heavy atom. The minimum Gasteiger partial charge on any atom is -0.491 e. The van der Waals surface area contributed by atoms with Crippen LogP contribution in [0.15, 0.2) is 48.5 Å². The van der Waals surface area contributed by atoms with Crippen LogP contribution in [0.3, 0.4) is 0 Å². The van der Waals surface area contributed by atoms with Gasteiger partial charge in [-0.05, 0) is 55.8 Å². The Morgan fingerprint density at radius 1 is 1.07 bits per heavy atom. The summed E-state index contributed by atoms with van der Waals surface area (Å²) in [7, 11) is 0. The largest absolute Gasteiger partial charge is 0.491 e. The van der Waals surface area contributed by atoms with E-state index >= 15 is 0 Å². The lowest BCUT2D eigenvalue weighted by Gasteiger charge is -2.46. The summed E-state index contributed by atoms with van der Waals surface area (Å²) in [6.45, 7) is 6.99. The lowest BCUT2D eigenvalue weighted by molar-refractivity contribution is 0.0761. The third-order valence-electron chi connectivity index (χ3n) is 5.48. The van der Waals surface area contributed by atoms with Gasteiger partial charge in [-0.25, -0.2) is 0 Å². The van der Waals surface area contributed by atoms with Crippen LogP contribution in [0.5, 0.6) is 5.75 Å². The first-order valence-corrected chi connectivity index (χ1v) is 10.0. The number of hydrogen-bond donors (Lipinski definition) is 2. The van der Waals surface area contributed by atoms with Crippen LogP contribution in [-0.4, -0.2) is 60.0 Å². The van der Waals surface area contributed by atoms with Crippen LogP contribution in [0.25, 0.3) is 0 Å². The highest BCUT2D eigenvalue weighted by atomic mass is 16.5. The van der Waals surface area contributed by atoms with Crippen LogP contribution >= 0.6 is 0 Å². The molecule has 0 radical (unpaired) electrons. The number of aliphatic hydroxyl groups is 2. The molecule has 3 rings (SSSR count). The van der Waals surface area contributed by atoms with E-state index in [0.717, 1.165) is 30.1 Å². The molecule has 3 atom stereocenters. The maximum absolute atomic E-state index is 10.7. The zero-order chi connectivity index (χ0) is 20.8. The Balaban J connectivity index is 1.61. The van der Waals surface area contributed by atoms with Crippen LogP contribution in [0.2, 0.25) is 0 Å². The van der Waals surface area contributed by atoms with E-state index in [1.807, 2.05) is 24.3 Å². The molecule has 1 aliphatic heterocycles. The quantitative estimate of drug-likeness (QED) is 0.750. The van der Waals surface area contributed by atoms with E-state index in [2.05, 4.69) is 41.8 Å². The Kier molecular flexibility index (Phi) is 7.10. The van der Waals surface area contributed by atoms with Gasteiger partial charge in [0.1, 0.15) is 12.4 Å². The summed E-state index contributed by atoms with van der Waals surface area (Å²) in [5.41, 5.74) is 2.59. The van der Waals surface area contributed by atoms with Crippen LogP contribution in [0.4, 0.5) is 5.69 Å². The second-order valence-corrected chi connectivity index (χ2v) is 7.62. The van der Waals surface area contributed by atoms with Crippen LogP contribution in [-0.2, 0) is 0 Å². The smallest absolute Gasteiger partial charge is 0.119 e. The first-order valence-electron chi connectivity index (χ1n) is 10.0. The van der Waals surface area contributed by atoms with Crippen molar-refractivity contribution < 1.29 is 14.9 Å². The second kappa shape index (κ2) is 9.75. The van der Waals surface area contributed by atoms with E-state index in [9.17, 15) is 5.11 Å². The number of hydrogen-bond acceptors (Lipinski definition) is 6. The molecule has 6 nitrogen and oxygen atoms in total. The van der Waals surface area contributed by atoms with Crippen molar-refractivity contribution >= 4 is 5.69 Å². The molecule has 154 valence electrons. The monoisotopic (exact) mass is 395 g/mol. The lowest BCUT2D eigenvalue weighted by Crippen LogP contribution is -2.57. The van der Waals surface area contributed by atoms with Gasteiger partial charge in [-0.1, -0.05) is 12.1 Å². The van der Waals surface area contributed by atoms with E-state index in [0.29, 0.717) is 30.8 Å². The molecule has 0 aromatic heterocycles. The average molecular weight is 396 g/mol. The van der Waals surface area contributed by atoms with Gasteiger partial charge in [0.05, 0.1) is 24.3 Å². The standard InChI is InChI=1S/C23H29N3O3/c1-17-15-26(21-7-9-22(10-8-21)29-12-11-27)18(2)14-25(17)16-23(28)20-5-3-19(13-24)4-6-20/h3-10,17-18,23,27-28H,11-12,14-16H2,1-2H3/t17-,18-,23?/m1/s1. The molecular weight excluding hydrogens is 366 g/mol. The number of ether oxygens (including phenoxy) is 1. The maximum Gasteiger partial charge on any atom is 0.119 e. The molecule has 1 heterocycles. The van der Waals surface area contributed by atoms with Gasteiger partial charge in [0.2, 0.25) is 0 Å². The van der Waals surface area contributed by atoms with E-state index in [1.54, 1.807) is 12.1 Å². The zero-order valence-electron chi connectivity index (χ0n) is 17.0.